The first-order chi connectivity index (χ1) is 9.74. The Morgan fingerprint density at radius 3 is 3.10 bits per heavy atom. The molecule has 3 N–H and O–H groups in total. The molecule has 20 heavy (non-hydrogen) atoms. The van der Waals surface area contributed by atoms with Gasteiger partial charge in [-0.05, 0) is 12.1 Å². The number of ether oxygens (including phenoxy) is 1. The second-order valence-corrected chi connectivity index (χ2v) is 4.19. The van der Waals surface area contributed by atoms with Crippen LogP contribution in [0.3, 0.4) is 0 Å². The molecule has 0 aliphatic carbocycles. The van der Waals surface area contributed by atoms with Gasteiger partial charge in [-0.1, -0.05) is 11.3 Å². The van der Waals surface area contributed by atoms with E-state index < -0.39 is 0 Å². The molecule has 0 fully saturated rings. The monoisotopic (exact) mass is 275 g/mol. The Morgan fingerprint density at radius 2 is 2.35 bits per heavy atom. The molecule has 2 rings (SSSR count). The van der Waals surface area contributed by atoms with E-state index in [2.05, 4.69) is 15.6 Å². The summed E-state index contributed by atoms with van der Waals surface area (Å²) in [6.45, 7) is 1.37. The second kappa shape index (κ2) is 7.13. The van der Waals surface area contributed by atoms with Crippen LogP contribution in [0.1, 0.15) is 6.42 Å². The molecular formula is C13H17N5O2. The third-order valence-corrected chi connectivity index (χ3v) is 2.59. The van der Waals surface area contributed by atoms with Crippen molar-refractivity contribution in [3.63, 3.8) is 0 Å². The van der Waals surface area contributed by atoms with Crippen molar-refractivity contribution < 1.29 is 9.53 Å². The molecule has 1 heterocycles. The largest absolute Gasteiger partial charge is 0.492 e. The number of hydrogen-bond acceptors (Lipinski definition) is 5. The van der Waals surface area contributed by atoms with Crippen molar-refractivity contribution in [2.75, 3.05) is 18.9 Å². The van der Waals surface area contributed by atoms with Crippen LogP contribution in [0, 0.1) is 0 Å². The summed E-state index contributed by atoms with van der Waals surface area (Å²) in [5, 5.41) is 10.2. The van der Waals surface area contributed by atoms with E-state index in [-0.39, 0.29) is 5.91 Å². The van der Waals surface area contributed by atoms with E-state index in [0.29, 0.717) is 37.6 Å². The summed E-state index contributed by atoms with van der Waals surface area (Å²) in [7, 11) is 0. The Hall–Kier alpha value is -2.57. The van der Waals surface area contributed by atoms with Crippen LogP contribution >= 0.6 is 0 Å². The first-order valence-electron chi connectivity index (χ1n) is 6.33. The molecule has 1 aromatic heterocycles. The lowest BCUT2D eigenvalue weighted by molar-refractivity contribution is -0.121. The molecule has 2 aromatic rings. The SMILES string of the molecule is Nc1cccc(OCCNC(=O)CCn2ccnn2)c1. The molecule has 7 heteroatoms. The standard InChI is InChI=1S/C13H17N5O2/c14-11-2-1-3-12(10-11)20-9-6-15-13(19)4-7-18-8-5-16-17-18/h1-3,5,8,10H,4,6-7,9,14H2,(H,15,19). The summed E-state index contributed by atoms with van der Waals surface area (Å²) in [4.78, 5) is 11.6. The van der Waals surface area contributed by atoms with E-state index in [1.807, 2.05) is 12.1 Å². The number of carbonyl (C=O) groups excluding carboxylic acids is 1. The van der Waals surface area contributed by atoms with Crippen LogP contribution in [0.4, 0.5) is 5.69 Å². The zero-order valence-electron chi connectivity index (χ0n) is 11.0. The summed E-state index contributed by atoms with van der Waals surface area (Å²) >= 11 is 0. The Kier molecular flexibility index (Phi) is 4.94. The van der Waals surface area contributed by atoms with Crippen molar-refractivity contribution >= 4 is 11.6 Å². The minimum absolute atomic E-state index is 0.0447. The second-order valence-electron chi connectivity index (χ2n) is 4.19. The highest BCUT2D eigenvalue weighted by molar-refractivity contribution is 5.75. The lowest BCUT2D eigenvalue weighted by Gasteiger charge is -2.08. The first-order valence-corrected chi connectivity index (χ1v) is 6.33. The zero-order valence-corrected chi connectivity index (χ0v) is 11.0. The van der Waals surface area contributed by atoms with Crippen LogP contribution in [0.15, 0.2) is 36.7 Å². The van der Waals surface area contributed by atoms with Crippen molar-refractivity contribution in [1.29, 1.82) is 0 Å². The van der Waals surface area contributed by atoms with E-state index >= 15 is 0 Å². The summed E-state index contributed by atoms with van der Waals surface area (Å²) in [5.74, 6) is 0.651. The molecule has 0 saturated heterocycles. The molecule has 0 radical (unpaired) electrons. The fraction of sp³-hybridized carbons (Fsp3) is 0.308. The minimum atomic E-state index is -0.0447. The highest BCUT2D eigenvalue weighted by Gasteiger charge is 2.02. The summed E-state index contributed by atoms with van der Waals surface area (Å²) in [6.07, 6.45) is 3.66. The number of anilines is 1. The predicted octanol–water partition coefficient (Wildman–Crippen LogP) is 0.446. The Bertz CT molecular complexity index is 541. The van der Waals surface area contributed by atoms with Gasteiger partial charge in [0.2, 0.25) is 5.91 Å². The molecule has 0 spiro atoms. The van der Waals surface area contributed by atoms with Crippen LogP contribution < -0.4 is 15.8 Å². The van der Waals surface area contributed by atoms with Gasteiger partial charge in [-0.15, -0.1) is 5.10 Å². The number of nitrogens with zero attached hydrogens (tertiary/aromatic N) is 3. The van der Waals surface area contributed by atoms with Gasteiger partial charge in [-0.25, -0.2) is 0 Å². The number of nitrogens with two attached hydrogens (primary N) is 1. The first kappa shape index (κ1) is 13.9. The molecular weight excluding hydrogens is 258 g/mol. The van der Waals surface area contributed by atoms with Crippen molar-refractivity contribution in [3.05, 3.63) is 36.7 Å². The number of nitrogen functional groups attached to an aromatic ring is 1. The van der Waals surface area contributed by atoms with Crippen LogP contribution in [0.5, 0.6) is 5.75 Å². The highest BCUT2D eigenvalue weighted by atomic mass is 16.5. The van der Waals surface area contributed by atoms with Crippen LogP contribution in [0.2, 0.25) is 0 Å². The number of hydrogen-bond donors (Lipinski definition) is 2. The van der Waals surface area contributed by atoms with E-state index in [4.69, 9.17) is 10.5 Å². The number of benzene rings is 1. The van der Waals surface area contributed by atoms with Crippen molar-refractivity contribution in [2.45, 2.75) is 13.0 Å². The molecule has 106 valence electrons. The average Bonchev–Trinajstić information content (AvgIpc) is 2.95. The molecule has 0 aliphatic heterocycles. The van der Waals surface area contributed by atoms with Crippen LogP contribution in [0.25, 0.3) is 0 Å². The number of aryl methyl sites for hydroxylation is 1. The lowest BCUT2D eigenvalue weighted by Crippen LogP contribution is -2.28. The number of carbonyl (C=O) groups is 1. The molecule has 0 aliphatic rings. The number of aromatic nitrogens is 3. The van der Waals surface area contributed by atoms with E-state index in [1.54, 1.807) is 29.2 Å². The maximum Gasteiger partial charge on any atom is 0.221 e. The van der Waals surface area contributed by atoms with Gasteiger partial charge in [0.15, 0.2) is 0 Å². The lowest BCUT2D eigenvalue weighted by atomic mass is 10.3. The van der Waals surface area contributed by atoms with Gasteiger partial charge in [-0.2, -0.15) is 0 Å². The van der Waals surface area contributed by atoms with Gasteiger partial charge in [0.1, 0.15) is 12.4 Å². The average molecular weight is 275 g/mol. The van der Waals surface area contributed by atoms with Gasteiger partial charge >= 0.3 is 0 Å². The molecule has 0 unspecified atom stereocenters. The Labute approximate surface area is 116 Å². The maximum absolute atomic E-state index is 11.6. The molecule has 0 bridgehead atoms. The molecule has 1 amide bonds. The van der Waals surface area contributed by atoms with Gasteiger partial charge in [0, 0.05) is 24.4 Å². The number of amides is 1. The number of rotatable bonds is 7. The topological polar surface area (TPSA) is 95.1 Å². The minimum Gasteiger partial charge on any atom is -0.492 e. The van der Waals surface area contributed by atoms with Gasteiger partial charge in [0.25, 0.3) is 0 Å². The zero-order chi connectivity index (χ0) is 14.2. The fourth-order valence-corrected chi connectivity index (χ4v) is 1.62. The van der Waals surface area contributed by atoms with E-state index in [0.717, 1.165) is 0 Å². The van der Waals surface area contributed by atoms with Gasteiger partial charge in [0.05, 0.1) is 19.3 Å². The third-order valence-electron chi connectivity index (χ3n) is 2.59. The molecule has 0 atom stereocenters. The smallest absolute Gasteiger partial charge is 0.221 e. The van der Waals surface area contributed by atoms with E-state index in [1.165, 1.54) is 0 Å². The van der Waals surface area contributed by atoms with Crippen molar-refractivity contribution in [1.82, 2.24) is 20.3 Å². The van der Waals surface area contributed by atoms with Gasteiger partial charge in [-0.3, -0.25) is 9.48 Å². The summed E-state index contributed by atoms with van der Waals surface area (Å²) in [6, 6.07) is 7.18. The van der Waals surface area contributed by atoms with Crippen molar-refractivity contribution in [3.8, 4) is 5.75 Å². The van der Waals surface area contributed by atoms with Crippen molar-refractivity contribution in [2.24, 2.45) is 0 Å². The molecule has 1 aromatic carbocycles. The van der Waals surface area contributed by atoms with Crippen LogP contribution in [-0.2, 0) is 11.3 Å². The quantitative estimate of drug-likeness (QED) is 0.565. The summed E-state index contributed by atoms with van der Waals surface area (Å²) in [5.41, 5.74) is 6.29. The molecule has 7 nitrogen and oxygen atoms in total. The Balaban J connectivity index is 1.59. The fourth-order valence-electron chi connectivity index (χ4n) is 1.62. The normalized spacial score (nSPS) is 10.2. The highest BCUT2D eigenvalue weighted by Crippen LogP contribution is 2.13. The third kappa shape index (κ3) is 4.60. The van der Waals surface area contributed by atoms with E-state index in [9.17, 15) is 4.79 Å². The van der Waals surface area contributed by atoms with Crippen LogP contribution in [-0.4, -0.2) is 34.1 Å². The maximum atomic E-state index is 11.6. The Morgan fingerprint density at radius 1 is 1.45 bits per heavy atom. The molecule has 0 saturated carbocycles. The predicted molar refractivity (Wildman–Crippen MR) is 74.0 cm³/mol. The van der Waals surface area contributed by atoms with Gasteiger partial charge < -0.3 is 15.8 Å². The summed E-state index contributed by atoms with van der Waals surface area (Å²) < 4.78 is 7.08. The number of nitrogens with one attached hydrogen (secondary N) is 1.